The number of ether oxygens (including phenoxy) is 2. The van der Waals surface area contributed by atoms with E-state index in [9.17, 15) is 4.79 Å². The minimum absolute atomic E-state index is 0.0643. The Kier molecular flexibility index (Phi) is 4.81. The van der Waals surface area contributed by atoms with Gasteiger partial charge in [0, 0.05) is 32.1 Å². The summed E-state index contributed by atoms with van der Waals surface area (Å²) in [6.07, 6.45) is 2.64. The lowest BCUT2D eigenvalue weighted by Crippen LogP contribution is -2.42. The fourth-order valence-corrected chi connectivity index (χ4v) is 3.65. The molecule has 146 valence electrons. The molecule has 0 saturated carbocycles. The van der Waals surface area contributed by atoms with Gasteiger partial charge in [-0.15, -0.1) is 0 Å². The number of rotatable bonds is 4. The molecule has 28 heavy (non-hydrogen) atoms. The second-order valence-electron chi connectivity index (χ2n) is 6.97. The maximum atomic E-state index is 12.7. The smallest absolute Gasteiger partial charge is 0.317 e. The Hall–Kier alpha value is -3.22. The predicted octanol–water partition coefficient (Wildman–Crippen LogP) is 2.86. The van der Waals surface area contributed by atoms with Crippen molar-refractivity contribution in [1.82, 2.24) is 20.0 Å². The summed E-state index contributed by atoms with van der Waals surface area (Å²) in [6, 6.07) is 10.0. The van der Waals surface area contributed by atoms with Crippen molar-refractivity contribution in [3.63, 3.8) is 0 Å². The van der Waals surface area contributed by atoms with E-state index in [1.165, 1.54) is 5.56 Å². The number of carbonyl (C=O) groups is 1. The molecule has 0 atom stereocenters. The van der Waals surface area contributed by atoms with E-state index in [1.54, 1.807) is 14.2 Å². The molecule has 2 aromatic carbocycles. The predicted molar refractivity (Wildman–Crippen MR) is 107 cm³/mol. The van der Waals surface area contributed by atoms with E-state index >= 15 is 0 Å². The van der Waals surface area contributed by atoms with Crippen LogP contribution in [0.2, 0.25) is 0 Å². The van der Waals surface area contributed by atoms with Gasteiger partial charge in [0.05, 0.1) is 25.9 Å². The van der Waals surface area contributed by atoms with Crippen molar-refractivity contribution in [2.24, 2.45) is 7.05 Å². The Morgan fingerprint density at radius 2 is 1.89 bits per heavy atom. The molecule has 1 aliphatic rings. The molecule has 2 amide bonds. The maximum Gasteiger partial charge on any atom is 0.317 e. The molecule has 1 aromatic heterocycles. The summed E-state index contributed by atoms with van der Waals surface area (Å²) in [6.45, 7) is 1.71. The molecule has 0 spiro atoms. The molecule has 0 fully saturated rings. The molecule has 1 N–H and O–H groups in total. The van der Waals surface area contributed by atoms with E-state index in [4.69, 9.17) is 9.47 Å². The number of nitrogens with zero attached hydrogens (tertiary/aromatic N) is 3. The van der Waals surface area contributed by atoms with Crippen molar-refractivity contribution < 1.29 is 14.3 Å². The van der Waals surface area contributed by atoms with E-state index < -0.39 is 0 Å². The number of amides is 2. The Morgan fingerprint density at radius 1 is 1.14 bits per heavy atom. The zero-order valence-corrected chi connectivity index (χ0v) is 16.4. The third-order valence-electron chi connectivity index (χ3n) is 5.26. The van der Waals surface area contributed by atoms with Crippen molar-refractivity contribution in [3.8, 4) is 11.5 Å². The quantitative estimate of drug-likeness (QED) is 0.756. The minimum Gasteiger partial charge on any atom is -0.493 e. The summed E-state index contributed by atoms with van der Waals surface area (Å²) in [4.78, 5) is 14.5. The monoisotopic (exact) mass is 380 g/mol. The summed E-state index contributed by atoms with van der Waals surface area (Å²) in [5.41, 5.74) is 4.40. The van der Waals surface area contributed by atoms with Gasteiger partial charge in [-0.25, -0.2) is 4.79 Å². The molecule has 1 aliphatic heterocycles. The summed E-state index contributed by atoms with van der Waals surface area (Å²) in [5, 5.41) is 8.38. The van der Waals surface area contributed by atoms with Crippen molar-refractivity contribution in [3.05, 3.63) is 53.2 Å². The number of benzene rings is 2. The molecule has 7 heteroatoms. The van der Waals surface area contributed by atoms with Crippen molar-refractivity contribution >= 4 is 16.9 Å². The highest BCUT2D eigenvalue weighted by molar-refractivity contribution is 5.79. The second-order valence-corrected chi connectivity index (χ2v) is 6.97. The van der Waals surface area contributed by atoms with Gasteiger partial charge in [0.15, 0.2) is 11.5 Å². The summed E-state index contributed by atoms with van der Waals surface area (Å²) < 4.78 is 12.6. The number of carbonyl (C=O) groups excluding carboxylic acids is 1. The van der Waals surface area contributed by atoms with Crippen LogP contribution in [0.5, 0.6) is 11.5 Å². The van der Waals surface area contributed by atoms with Crippen molar-refractivity contribution in [1.29, 1.82) is 0 Å². The molecule has 0 aliphatic carbocycles. The Bertz CT molecular complexity index is 1030. The maximum absolute atomic E-state index is 12.7. The van der Waals surface area contributed by atoms with Crippen molar-refractivity contribution in [2.75, 3.05) is 20.8 Å². The molecule has 2 heterocycles. The molecule has 7 nitrogen and oxygen atoms in total. The third-order valence-corrected chi connectivity index (χ3v) is 5.26. The van der Waals surface area contributed by atoms with E-state index in [-0.39, 0.29) is 6.03 Å². The first kappa shape index (κ1) is 18.2. The van der Waals surface area contributed by atoms with E-state index in [1.807, 2.05) is 47.1 Å². The van der Waals surface area contributed by atoms with Gasteiger partial charge in [-0.3, -0.25) is 4.68 Å². The van der Waals surface area contributed by atoms with Crippen molar-refractivity contribution in [2.45, 2.75) is 19.5 Å². The van der Waals surface area contributed by atoms with Gasteiger partial charge >= 0.3 is 6.03 Å². The number of methoxy groups -OCH3 is 2. The van der Waals surface area contributed by atoms with Gasteiger partial charge in [0.2, 0.25) is 0 Å². The highest BCUT2D eigenvalue weighted by atomic mass is 16.5. The first-order valence-electron chi connectivity index (χ1n) is 9.26. The van der Waals surface area contributed by atoms with Crippen LogP contribution in [0.4, 0.5) is 4.79 Å². The standard InChI is InChI=1S/C21H24N4O3/c1-24-18-8-14(4-5-16(18)12-23-24)11-22-21(26)25-7-6-15-9-19(27-2)20(28-3)10-17(15)13-25/h4-5,8-10,12H,6-7,11,13H2,1-3H3,(H,22,26). The average molecular weight is 380 g/mol. The summed E-state index contributed by atoms with van der Waals surface area (Å²) >= 11 is 0. The Balaban J connectivity index is 1.43. The number of fused-ring (bicyclic) bond motifs is 2. The number of aromatic nitrogens is 2. The molecular weight excluding hydrogens is 356 g/mol. The lowest BCUT2D eigenvalue weighted by molar-refractivity contribution is 0.191. The third kappa shape index (κ3) is 3.35. The Labute approximate surface area is 163 Å². The SMILES string of the molecule is COc1cc2c(cc1OC)CN(C(=O)NCc1ccc3cnn(C)c3c1)CC2. The van der Waals surface area contributed by atoms with Crippen LogP contribution < -0.4 is 14.8 Å². The zero-order valence-electron chi connectivity index (χ0n) is 16.4. The lowest BCUT2D eigenvalue weighted by atomic mass is 9.99. The van der Waals surface area contributed by atoms with Crippen LogP contribution >= 0.6 is 0 Å². The van der Waals surface area contributed by atoms with Gasteiger partial charge < -0.3 is 19.7 Å². The van der Waals surface area contributed by atoms with Crippen LogP contribution in [-0.2, 0) is 26.6 Å². The normalized spacial score (nSPS) is 13.3. The van der Waals surface area contributed by atoms with E-state index in [0.717, 1.165) is 34.2 Å². The summed E-state index contributed by atoms with van der Waals surface area (Å²) in [5.74, 6) is 1.41. The van der Waals surface area contributed by atoms with E-state index in [0.29, 0.717) is 25.4 Å². The molecule has 3 aromatic rings. The number of nitrogens with one attached hydrogen (secondary N) is 1. The van der Waals surface area contributed by atoms with Gasteiger partial charge in [-0.05, 0) is 41.3 Å². The topological polar surface area (TPSA) is 68.6 Å². The van der Waals surface area contributed by atoms with Crippen LogP contribution in [0.1, 0.15) is 16.7 Å². The van der Waals surface area contributed by atoms with Crippen LogP contribution in [0.15, 0.2) is 36.5 Å². The first-order chi connectivity index (χ1) is 13.6. The molecule has 0 saturated heterocycles. The molecule has 0 bridgehead atoms. The van der Waals surface area contributed by atoms with Gasteiger partial charge in [0.25, 0.3) is 0 Å². The van der Waals surface area contributed by atoms with Crippen LogP contribution in [-0.4, -0.2) is 41.5 Å². The lowest BCUT2D eigenvalue weighted by Gasteiger charge is -2.29. The molecule has 4 rings (SSSR count). The first-order valence-corrected chi connectivity index (χ1v) is 9.26. The van der Waals surface area contributed by atoms with Crippen LogP contribution in [0.25, 0.3) is 10.9 Å². The highest BCUT2D eigenvalue weighted by Crippen LogP contribution is 2.33. The van der Waals surface area contributed by atoms with Gasteiger partial charge in [-0.1, -0.05) is 12.1 Å². The highest BCUT2D eigenvalue weighted by Gasteiger charge is 2.22. The van der Waals surface area contributed by atoms with E-state index in [2.05, 4.69) is 16.5 Å². The molecular formula is C21H24N4O3. The molecule has 0 radical (unpaired) electrons. The van der Waals surface area contributed by atoms with Gasteiger partial charge in [0.1, 0.15) is 0 Å². The Morgan fingerprint density at radius 3 is 2.64 bits per heavy atom. The average Bonchev–Trinajstić information content (AvgIpc) is 3.10. The number of aryl methyl sites for hydroxylation is 1. The fraction of sp³-hybridized carbons (Fsp3) is 0.333. The molecule has 0 unspecified atom stereocenters. The number of urea groups is 1. The number of hydrogen-bond acceptors (Lipinski definition) is 4. The van der Waals surface area contributed by atoms with Gasteiger partial charge in [-0.2, -0.15) is 5.10 Å². The summed E-state index contributed by atoms with van der Waals surface area (Å²) in [7, 11) is 5.17. The van der Waals surface area contributed by atoms with Crippen LogP contribution in [0, 0.1) is 0 Å². The zero-order chi connectivity index (χ0) is 19.7. The fourth-order valence-electron chi connectivity index (χ4n) is 3.65. The largest absolute Gasteiger partial charge is 0.493 e. The number of hydrogen-bond donors (Lipinski definition) is 1. The second kappa shape index (κ2) is 7.42. The van der Waals surface area contributed by atoms with Crippen LogP contribution in [0.3, 0.4) is 0 Å². The minimum atomic E-state index is -0.0643.